The van der Waals surface area contributed by atoms with Gasteiger partial charge in [0.25, 0.3) is 5.91 Å². The molecular weight excluding hydrogens is 316 g/mol. The molecule has 0 saturated heterocycles. The van der Waals surface area contributed by atoms with Crippen molar-refractivity contribution in [2.45, 2.75) is 26.9 Å². The van der Waals surface area contributed by atoms with Crippen molar-refractivity contribution in [3.05, 3.63) is 58.7 Å². The third-order valence-corrected chi connectivity index (χ3v) is 3.54. The number of alkyl halides is 2. The number of rotatable bonds is 6. The number of halogens is 2. The number of carbonyl (C=O) groups excluding carboxylic acids is 1. The topological polar surface area (TPSA) is 58.6 Å². The van der Waals surface area contributed by atoms with Gasteiger partial charge in [0.1, 0.15) is 5.75 Å². The summed E-state index contributed by atoms with van der Waals surface area (Å²) in [5, 5.41) is 11.6. The molecule has 4 nitrogen and oxygen atoms in total. The van der Waals surface area contributed by atoms with Crippen LogP contribution in [0.15, 0.2) is 36.4 Å². The van der Waals surface area contributed by atoms with Crippen LogP contribution in [0.25, 0.3) is 0 Å². The van der Waals surface area contributed by atoms with Crippen LogP contribution in [0.4, 0.5) is 14.5 Å². The second kappa shape index (κ2) is 7.88. The van der Waals surface area contributed by atoms with Gasteiger partial charge in [-0.2, -0.15) is 8.78 Å². The van der Waals surface area contributed by atoms with Crippen LogP contribution in [0.5, 0.6) is 5.75 Å². The molecule has 1 amide bonds. The lowest BCUT2D eigenvalue weighted by atomic mass is 10.0. The zero-order valence-corrected chi connectivity index (χ0v) is 13.5. The quantitative estimate of drug-likeness (QED) is 0.846. The molecule has 0 atom stereocenters. The van der Waals surface area contributed by atoms with E-state index in [1.165, 1.54) is 12.1 Å². The average molecular weight is 335 g/mol. The number of aliphatic hydroxyl groups excluding tert-OH is 1. The van der Waals surface area contributed by atoms with Gasteiger partial charge in [0.05, 0.1) is 0 Å². The number of benzene rings is 2. The number of amides is 1. The van der Waals surface area contributed by atoms with Crippen LogP contribution >= 0.6 is 0 Å². The number of hydrogen-bond acceptors (Lipinski definition) is 3. The van der Waals surface area contributed by atoms with Gasteiger partial charge in [0.2, 0.25) is 0 Å². The number of aliphatic hydroxyl groups is 1. The molecule has 128 valence electrons. The SMILES string of the molecule is Cc1cc(C(=O)Nc2ccc(CCO)cc2)cc(C)c1OC(F)F. The Morgan fingerprint density at radius 1 is 1.17 bits per heavy atom. The summed E-state index contributed by atoms with van der Waals surface area (Å²) in [4.78, 5) is 12.3. The van der Waals surface area contributed by atoms with E-state index in [0.29, 0.717) is 28.8 Å². The van der Waals surface area contributed by atoms with Crippen LogP contribution < -0.4 is 10.1 Å². The Morgan fingerprint density at radius 3 is 2.25 bits per heavy atom. The molecule has 0 spiro atoms. The standard InChI is InChI=1S/C18H19F2NO3/c1-11-9-14(10-12(2)16(11)24-18(19)20)17(23)21-15-5-3-13(4-6-15)7-8-22/h3-6,9-10,18,22H,7-8H2,1-2H3,(H,21,23). The Labute approximate surface area is 139 Å². The van der Waals surface area contributed by atoms with Crippen LogP contribution in [-0.2, 0) is 6.42 Å². The molecule has 2 N–H and O–H groups in total. The Kier molecular flexibility index (Phi) is 5.87. The molecule has 0 unspecified atom stereocenters. The van der Waals surface area contributed by atoms with Crippen molar-refractivity contribution in [3.63, 3.8) is 0 Å². The van der Waals surface area contributed by atoms with Crippen molar-refractivity contribution in [2.75, 3.05) is 11.9 Å². The third-order valence-electron chi connectivity index (χ3n) is 3.54. The number of anilines is 1. The molecule has 2 aromatic rings. The lowest BCUT2D eigenvalue weighted by molar-refractivity contribution is -0.0507. The average Bonchev–Trinajstić information content (AvgIpc) is 2.52. The number of hydrogen-bond donors (Lipinski definition) is 2. The number of carbonyl (C=O) groups is 1. The summed E-state index contributed by atoms with van der Waals surface area (Å²) >= 11 is 0. The van der Waals surface area contributed by atoms with Crippen molar-refractivity contribution < 1.29 is 23.4 Å². The van der Waals surface area contributed by atoms with E-state index >= 15 is 0 Å². The van der Waals surface area contributed by atoms with Crippen molar-refractivity contribution in [1.29, 1.82) is 0 Å². The first kappa shape index (κ1) is 17.9. The molecule has 6 heteroatoms. The van der Waals surface area contributed by atoms with Crippen LogP contribution in [0.2, 0.25) is 0 Å². The molecule has 0 aromatic heterocycles. The highest BCUT2D eigenvalue weighted by Crippen LogP contribution is 2.27. The molecule has 2 aromatic carbocycles. The first-order valence-electron chi connectivity index (χ1n) is 7.48. The maximum atomic E-state index is 12.4. The fourth-order valence-corrected chi connectivity index (χ4v) is 2.44. The van der Waals surface area contributed by atoms with E-state index in [0.717, 1.165) is 5.56 Å². The molecule has 0 aliphatic carbocycles. The van der Waals surface area contributed by atoms with Gasteiger partial charge in [-0.05, 0) is 61.2 Å². The van der Waals surface area contributed by atoms with Gasteiger partial charge in [0.15, 0.2) is 0 Å². The molecule has 0 saturated carbocycles. The molecule has 0 radical (unpaired) electrons. The van der Waals surface area contributed by atoms with Crippen molar-refractivity contribution in [1.82, 2.24) is 0 Å². The summed E-state index contributed by atoms with van der Waals surface area (Å²) in [6.07, 6.45) is 0.554. The molecule has 0 bridgehead atoms. The summed E-state index contributed by atoms with van der Waals surface area (Å²) in [7, 11) is 0. The zero-order chi connectivity index (χ0) is 17.7. The van der Waals surface area contributed by atoms with Gasteiger partial charge in [-0.1, -0.05) is 12.1 Å². The molecule has 0 aliphatic heterocycles. The van der Waals surface area contributed by atoms with Gasteiger partial charge in [-0.25, -0.2) is 0 Å². The Hall–Kier alpha value is -2.47. The van der Waals surface area contributed by atoms with Gasteiger partial charge in [-0.15, -0.1) is 0 Å². The third kappa shape index (κ3) is 4.52. The second-order valence-electron chi connectivity index (χ2n) is 5.44. The molecule has 2 rings (SSSR count). The second-order valence-corrected chi connectivity index (χ2v) is 5.44. The lowest BCUT2D eigenvalue weighted by Gasteiger charge is -2.13. The first-order chi connectivity index (χ1) is 11.4. The van der Waals surface area contributed by atoms with E-state index in [2.05, 4.69) is 10.1 Å². The minimum absolute atomic E-state index is 0.0668. The highest BCUT2D eigenvalue weighted by Gasteiger charge is 2.15. The van der Waals surface area contributed by atoms with E-state index in [1.807, 2.05) is 12.1 Å². The predicted molar refractivity (Wildman–Crippen MR) is 87.7 cm³/mol. The van der Waals surface area contributed by atoms with E-state index in [4.69, 9.17) is 5.11 Å². The molecule has 0 aliphatic rings. The maximum absolute atomic E-state index is 12.4. The number of ether oxygens (including phenoxy) is 1. The van der Waals surface area contributed by atoms with Crippen LogP contribution in [0.3, 0.4) is 0 Å². The van der Waals surface area contributed by atoms with Gasteiger partial charge in [0, 0.05) is 17.9 Å². The van der Waals surface area contributed by atoms with E-state index < -0.39 is 6.61 Å². The Morgan fingerprint density at radius 2 is 1.75 bits per heavy atom. The minimum atomic E-state index is -2.90. The van der Waals surface area contributed by atoms with Crippen molar-refractivity contribution in [3.8, 4) is 5.75 Å². The minimum Gasteiger partial charge on any atom is -0.434 e. The van der Waals surface area contributed by atoms with Crippen LogP contribution in [0.1, 0.15) is 27.0 Å². The van der Waals surface area contributed by atoms with Crippen molar-refractivity contribution in [2.24, 2.45) is 0 Å². The highest BCUT2D eigenvalue weighted by atomic mass is 19.3. The summed E-state index contributed by atoms with van der Waals surface area (Å²) in [5.74, 6) is -0.241. The monoisotopic (exact) mass is 335 g/mol. The highest BCUT2D eigenvalue weighted by molar-refractivity contribution is 6.04. The Balaban J connectivity index is 2.14. The molecule has 24 heavy (non-hydrogen) atoms. The normalized spacial score (nSPS) is 10.8. The predicted octanol–water partition coefficient (Wildman–Crippen LogP) is 3.69. The summed E-state index contributed by atoms with van der Waals surface area (Å²) < 4.78 is 29.3. The smallest absolute Gasteiger partial charge is 0.387 e. The molecular formula is C18H19F2NO3. The number of nitrogens with one attached hydrogen (secondary N) is 1. The van der Waals surface area contributed by atoms with Crippen LogP contribution in [-0.4, -0.2) is 24.2 Å². The summed E-state index contributed by atoms with van der Waals surface area (Å²) in [6.45, 7) is 0.396. The fraction of sp³-hybridized carbons (Fsp3) is 0.278. The molecule has 0 fully saturated rings. The fourth-order valence-electron chi connectivity index (χ4n) is 2.44. The Bertz CT molecular complexity index is 692. The van der Waals surface area contributed by atoms with Gasteiger partial charge >= 0.3 is 6.61 Å². The van der Waals surface area contributed by atoms with Gasteiger partial charge in [-0.3, -0.25) is 4.79 Å². The van der Waals surface area contributed by atoms with E-state index in [9.17, 15) is 13.6 Å². The summed E-state index contributed by atoms with van der Waals surface area (Å²) in [6, 6.07) is 10.2. The lowest BCUT2D eigenvalue weighted by Crippen LogP contribution is -2.13. The van der Waals surface area contributed by atoms with Crippen LogP contribution in [0, 0.1) is 13.8 Å². The van der Waals surface area contributed by atoms with E-state index in [-0.39, 0.29) is 18.3 Å². The number of aryl methyl sites for hydroxylation is 2. The summed E-state index contributed by atoms with van der Waals surface area (Å²) in [5.41, 5.74) is 2.89. The largest absolute Gasteiger partial charge is 0.434 e. The first-order valence-corrected chi connectivity index (χ1v) is 7.48. The van der Waals surface area contributed by atoms with Gasteiger partial charge < -0.3 is 15.2 Å². The zero-order valence-electron chi connectivity index (χ0n) is 13.5. The maximum Gasteiger partial charge on any atom is 0.387 e. The van der Waals surface area contributed by atoms with Crippen molar-refractivity contribution >= 4 is 11.6 Å². The van der Waals surface area contributed by atoms with E-state index in [1.54, 1.807) is 26.0 Å². The molecule has 0 heterocycles.